The van der Waals surface area contributed by atoms with Crippen molar-refractivity contribution < 1.29 is 19.6 Å². The predicted octanol–water partition coefficient (Wildman–Crippen LogP) is 5.83. The lowest BCUT2D eigenvalue weighted by molar-refractivity contribution is -0.384. The molecule has 2 heterocycles. The second-order valence-electron chi connectivity index (χ2n) is 9.01. The highest BCUT2D eigenvalue weighted by Gasteiger charge is 2.47. The van der Waals surface area contributed by atoms with Crippen LogP contribution in [0.2, 0.25) is 0 Å². The number of carbonyl (C=O) groups is 2. The van der Waals surface area contributed by atoms with E-state index in [2.05, 4.69) is 18.8 Å². The summed E-state index contributed by atoms with van der Waals surface area (Å²) in [6, 6.07) is 19.3. The molecule has 1 aliphatic heterocycles. The van der Waals surface area contributed by atoms with Gasteiger partial charge in [0.25, 0.3) is 17.4 Å². The number of carbonyl (C=O) groups excluding carboxylic acids is 2. The number of ketones is 1. The van der Waals surface area contributed by atoms with E-state index in [0.29, 0.717) is 11.3 Å². The molecule has 0 bridgehead atoms. The van der Waals surface area contributed by atoms with E-state index in [4.69, 9.17) is 0 Å². The number of amides is 1. The van der Waals surface area contributed by atoms with Gasteiger partial charge in [-0.1, -0.05) is 56.3 Å². The molecule has 1 amide bonds. The molecule has 1 fully saturated rings. The van der Waals surface area contributed by atoms with Crippen molar-refractivity contribution in [2.45, 2.75) is 25.8 Å². The smallest absolute Gasteiger partial charge is 0.300 e. The molecule has 0 spiro atoms. The summed E-state index contributed by atoms with van der Waals surface area (Å²) in [5.41, 5.74) is 2.75. The number of nitrogens with one attached hydrogen (secondary N) is 1. The Kier molecular flexibility index (Phi) is 5.64. The Morgan fingerprint density at radius 2 is 1.75 bits per heavy atom. The fourth-order valence-corrected chi connectivity index (χ4v) is 4.66. The molecule has 36 heavy (non-hydrogen) atoms. The molecule has 0 saturated carbocycles. The number of aliphatic hydroxyl groups is 1. The number of aromatic nitrogens is 1. The quantitative estimate of drug-likeness (QED) is 0.122. The number of rotatable bonds is 5. The molecule has 1 aliphatic rings. The van der Waals surface area contributed by atoms with Gasteiger partial charge in [-0.2, -0.15) is 0 Å². The van der Waals surface area contributed by atoms with Gasteiger partial charge in [-0.3, -0.25) is 24.6 Å². The van der Waals surface area contributed by atoms with E-state index >= 15 is 0 Å². The number of anilines is 1. The standard InChI is InChI=1S/C28H23N3O5/c1-16(2)17-10-12-19(13-11-17)30-25(22-15-29-23-9-4-3-8-21(22)23)24(27(33)28(30)34)26(32)18-6-5-7-20(14-18)31(35)36/h3-16,25,29,32H,1-2H3/b26-24+. The number of aliphatic hydroxyl groups excluding tert-OH is 1. The molecule has 1 atom stereocenters. The number of benzene rings is 3. The number of fused-ring (bicyclic) bond motifs is 1. The number of aromatic amines is 1. The van der Waals surface area contributed by atoms with Crippen molar-refractivity contribution in [3.05, 3.63) is 111 Å². The van der Waals surface area contributed by atoms with E-state index in [1.807, 2.05) is 36.4 Å². The SMILES string of the molecule is CC(C)c1ccc(N2C(=O)C(=O)/C(=C(/O)c3cccc([N+](=O)[O-])c3)C2c2c[nH]c3ccccc23)cc1. The topological polar surface area (TPSA) is 117 Å². The Labute approximate surface area is 206 Å². The van der Waals surface area contributed by atoms with E-state index in [1.54, 1.807) is 18.3 Å². The fraction of sp³-hybridized carbons (Fsp3) is 0.143. The van der Waals surface area contributed by atoms with Crippen molar-refractivity contribution in [3.63, 3.8) is 0 Å². The molecular weight excluding hydrogens is 458 g/mol. The third-order valence-corrected chi connectivity index (χ3v) is 6.53. The summed E-state index contributed by atoms with van der Waals surface area (Å²) in [6.45, 7) is 4.12. The van der Waals surface area contributed by atoms with Crippen molar-refractivity contribution in [2.24, 2.45) is 0 Å². The number of nitro benzene ring substituents is 1. The minimum Gasteiger partial charge on any atom is -0.507 e. The van der Waals surface area contributed by atoms with Gasteiger partial charge < -0.3 is 10.1 Å². The zero-order valence-electron chi connectivity index (χ0n) is 19.6. The van der Waals surface area contributed by atoms with Crippen LogP contribution in [0.1, 0.15) is 42.5 Å². The average Bonchev–Trinajstić information content (AvgIpc) is 3.42. The lowest BCUT2D eigenvalue weighted by atomic mass is 9.94. The number of para-hydroxylation sites is 1. The molecule has 8 heteroatoms. The van der Waals surface area contributed by atoms with Crippen molar-refractivity contribution in [1.29, 1.82) is 0 Å². The Morgan fingerprint density at radius 3 is 2.44 bits per heavy atom. The molecule has 3 aromatic carbocycles. The van der Waals surface area contributed by atoms with Crippen LogP contribution in [0.25, 0.3) is 16.7 Å². The minimum atomic E-state index is -0.940. The lowest BCUT2D eigenvalue weighted by Crippen LogP contribution is -2.29. The van der Waals surface area contributed by atoms with Crippen LogP contribution in [-0.2, 0) is 9.59 Å². The monoisotopic (exact) mass is 481 g/mol. The molecule has 180 valence electrons. The second-order valence-corrected chi connectivity index (χ2v) is 9.01. The van der Waals surface area contributed by atoms with E-state index < -0.39 is 28.4 Å². The second kappa shape index (κ2) is 8.81. The third-order valence-electron chi connectivity index (χ3n) is 6.53. The van der Waals surface area contributed by atoms with Crippen LogP contribution < -0.4 is 4.90 Å². The van der Waals surface area contributed by atoms with Crippen molar-refractivity contribution in [3.8, 4) is 0 Å². The predicted molar refractivity (Wildman–Crippen MR) is 137 cm³/mol. The third kappa shape index (κ3) is 3.73. The number of hydrogen-bond donors (Lipinski definition) is 2. The van der Waals surface area contributed by atoms with Crippen LogP contribution in [0.3, 0.4) is 0 Å². The normalized spacial score (nSPS) is 17.3. The van der Waals surface area contributed by atoms with E-state index in [0.717, 1.165) is 16.5 Å². The minimum absolute atomic E-state index is 0.0854. The largest absolute Gasteiger partial charge is 0.507 e. The van der Waals surface area contributed by atoms with Crippen LogP contribution in [0.4, 0.5) is 11.4 Å². The average molecular weight is 482 g/mol. The zero-order valence-corrected chi connectivity index (χ0v) is 19.6. The van der Waals surface area contributed by atoms with Gasteiger partial charge in [-0.25, -0.2) is 0 Å². The summed E-state index contributed by atoms with van der Waals surface area (Å²) >= 11 is 0. The molecule has 2 N–H and O–H groups in total. The molecule has 0 aliphatic carbocycles. The highest BCUT2D eigenvalue weighted by Crippen LogP contribution is 2.44. The van der Waals surface area contributed by atoms with Gasteiger partial charge in [0, 0.05) is 46.0 Å². The maximum atomic E-state index is 13.4. The molecular formula is C28H23N3O5. The van der Waals surface area contributed by atoms with Gasteiger partial charge >= 0.3 is 0 Å². The Balaban J connectivity index is 1.75. The number of nitrogens with zero attached hydrogens (tertiary/aromatic N) is 2. The summed E-state index contributed by atoms with van der Waals surface area (Å²) in [5, 5.41) is 23.4. The number of nitro groups is 1. The molecule has 8 nitrogen and oxygen atoms in total. The summed E-state index contributed by atoms with van der Waals surface area (Å²) in [7, 11) is 0. The Hall–Kier alpha value is -4.72. The first kappa shape index (κ1) is 23.0. The summed E-state index contributed by atoms with van der Waals surface area (Å²) < 4.78 is 0. The first-order valence-electron chi connectivity index (χ1n) is 11.5. The van der Waals surface area contributed by atoms with Crippen molar-refractivity contribution >= 4 is 39.7 Å². The first-order chi connectivity index (χ1) is 17.3. The number of Topliss-reactive ketones (excluding diaryl/α,β-unsaturated/α-hetero) is 1. The molecule has 5 rings (SSSR count). The highest BCUT2D eigenvalue weighted by molar-refractivity contribution is 6.51. The van der Waals surface area contributed by atoms with Gasteiger partial charge in [-0.15, -0.1) is 0 Å². The molecule has 1 unspecified atom stereocenters. The number of non-ortho nitro benzene ring substituents is 1. The van der Waals surface area contributed by atoms with E-state index in [9.17, 15) is 24.8 Å². The van der Waals surface area contributed by atoms with Crippen LogP contribution in [-0.4, -0.2) is 26.7 Å². The van der Waals surface area contributed by atoms with Crippen LogP contribution in [0.5, 0.6) is 0 Å². The van der Waals surface area contributed by atoms with Gasteiger partial charge in [0.1, 0.15) is 5.76 Å². The number of hydrogen-bond acceptors (Lipinski definition) is 5. The highest BCUT2D eigenvalue weighted by atomic mass is 16.6. The summed E-state index contributed by atoms with van der Waals surface area (Å²) in [6.07, 6.45) is 1.72. The van der Waals surface area contributed by atoms with E-state index in [1.165, 1.54) is 29.2 Å². The Morgan fingerprint density at radius 1 is 1.03 bits per heavy atom. The zero-order chi connectivity index (χ0) is 25.6. The van der Waals surface area contributed by atoms with Gasteiger partial charge in [-0.05, 0) is 29.7 Å². The first-order valence-corrected chi connectivity index (χ1v) is 11.5. The molecule has 4 aromatic rings. The van der Waals surface area contributed by atoms with Crippen LogP contribution >= 0.6 is 0 Å². The van der Waals surface area contributed by atoms with Gasteiger partial charge in [0.05, 0.1) is 16.5 Å². The van der Waals surface area contributed by atoms with Gasteiger partial charge in [0.2, 0.25) is 0 Å². The molecule has 1 saturated heterocycles. The molecule has 0 radical (unpaired) electrons. The Bertz CT molecular complexity index is 1550. The van der Waals surface area contributed by atoms with Crippen molar-refractivity contribution in [2.75, 3.05) is 4.90 Å². The summed E-state index contributed by atoms with van der Waals surface area (Å²) in [5.74, 6) is -1.82. The van der Waals surface area contributed by atoms with Crippen LogP contribution in [0.15, 0.2) is 84.6 Å². The fourth-order valence-electron chi connectivity index (χ4n) is 4.66. The summed E-state index contributed by atoms with van der Waals surface area (Å²) in [4.78, 5) is 42.1. The van der Waals surface area contributed by atoms with E-state index in [-0.39, 0.29) is 22.7 Å². The molecule has 1 aromatic heterocycles. The maximum absolute atomic E-state index is 13.4. The van der Waals surface area contributed by atoms with Gasteiger partial charge in [0.15, 0.2) is 0 Å². The van der Waals surface area contributed by atoms with Crippen molar-refractivity contribution in [1.82, 2.24) is 4.98 Å². The lowest BCUT2D eigenvalue weighted by Gasteiger charge is -2.25. The number of H-pyrrole nitrogens is 1. The van der Waals surface area contributed by atoms with Crippen LogP contribution in [0, 0.1) is 10.1 Å². The maximum Gasteiger partial charge on any atom is 0.300 e.